The second-order valence-corrected chi connectivity index (χ2v) is 2.58. The van der Waals surface area contributed by atoms with E-state index in [-0.39, 0.29) is 5.56 Å². The number of hydrogen-bond donors (Lipinski definition) is 2. The van der Waals surface area contributed by atoms with Crippen LogP contribution in [0.1, 0.15) is 15.9 Å². The molecule has 2 N–H and O–H groups in total. The quantitative estimate of drug-likeness (QED) is 0.677. The van der Waals surface area contributed by atoms with E-state index in [1.165, 1.54) is 0 Å². The molecule has 0 spiro atoms. The maximum Gasteiger partial charge on any atom is 0.336 e. The molecule has 0 bridgehead atoms. The number of nitrogens with one attached hydrogen (secondary N) is 1. The van der Waals surface area contributed by atoms with Gasteiger partial charge in [0, 0.05) is 11.8 Å². The largest absolute Gasteiger partial charge is 0.478 e. The van der Waals surface area contributed by atoms with Crippen molar-refractivity contribution in [3.63, 3.8) is 0 Å². The molecule has 0 atom stereocenters. The first-order valence-corrected chi connectivity index (χ1v) is 3.74. The van der Waals surface area contributed by atoms with Crippen LogP contribution >= 0.6 is 0 Å². The maximum absolute atomic E-state index is 10.8. The van der Waals surface area contributed by atoms with Gasteiger partial charge in [0.2, 0.25) is 0 Å². The van der Waals surface area contributed by atoms with Gasteiger partial charge < -0.3 is 9.94 Å². The number of benzene rings is 1. The van der Waals surface area contributed by atoms with E-state index in [2.05, 4.69) is 5.48 Å². The first kappa shape index (κ1) is 7.67. The van der Waals surface area contributed by atoms with Crippen molar-refractivity contribution in [3.05, 3.63) is 35.5 Å². The molecule has 1 aromatic carbocycles. The highest BCUT2D eigenvalue weighted by Crippen LogP contribution is 2.25. The number of hydrogen-bond acceptors (Lipinski definition) is 3. The minimum absolute atomic E-state index is 0.246. The van der Waals surface area contributed by atoms with Crippen LogP contribution in [0, 0.1) is 0 Å². The first-order valence-electron chi connectivity index (χ1n) is 3.74. The molecule has 0 saturated heterocycles. The van der Waals surface area contributed by atoms with Crippen molar-refractivity contribution in [1.29, 1.82) is 0 Å². The number of aromatic carboxylic acids is 1. The van der Waals surface area contributed by atoms with Gasteiger partial charge in [0.15, 0.2) is 5.75 Å². The normalized spacial score (nSPS) is 12.6. The molecular formula is C9H7NO3. The molecule has 0 fully saturated rings. The van der Waals surface area contributed by atoms with E-state index in [0.29, 0.717) is 11.3 Å². The zero-order valence-corrected chi connectivity index (χ0v) is 6.65. The van der Waals surface area contributed by atoms with E-state index in [1.54, 1.807) is 30.5 Å². The SMILES string of the molecule is O=C(O)c1cccc2c1C=CNO2. The number of hydroxylamine groups is 1. The van der Waals surface area contributed by atoms with Crippen LogP contribution in [0.4, 0.5) is 0 Å². The van der Waals surface area contributed by atoms with Crippen molar-refractivity contribution in [3.8, 4) is 5.75 Å². The van der Waals surface area contributed by atoms with E-state index < -0.39 is 5.97 Å². The number of carboxylic acids is 1. The summed E-state index contributed by atoms with van der Waals surface area (Å²) in [5, 5.41) is 8.83. The Morgan fingerprint density at radius 1 is 1.46 bits per heavy atom. The summed E-state index contributed by atoms with van der Waals surface area (Å²) in [6.45, 7) is 0. The van der Waals surface area contributed by atoms with Crippen LogP contribution in [0.2, 0.25) is 0 Å². The van der Waals surface area contributed by atoms with E-state index in [9.17, 15) is 4.79 Å². The molecule has 0 saturated carbocycles. The second-order valence-electron chi connectivity index (χ2n) is 2.58. The summed E-state index contributed by atoms with van der Waals surface area (Å²) < 4.78 is 0. The van der Waals surface area contributed by atoms with Crippen LogP contribution in [-0.2, 0) is 0 Å². The molecule has 1 aliphatic heterocycles. The van der Waals surface area contributed by atoms with Crippen molar-refractivity contribution >= 4 is 12.0 Å². The highest BCUT2D eigenvalue weighted by Gasteiger charge is 2.14. The van der Waals surface area contributed by atoms with E-state index in [1.807, 2.05) is 0 Å². The number of fused-ring (bicyclic) bond motifs is 1. The molecular weight excluding hydrogens is 170 g/mol. The minimum atomic E-state index is -0.952. The third-order valence-electron chi connectivity index (χ3n) is 1.78. The van der Waals surface area contributed by atoms with E-state index in [4.69, 9.17) is 9.94 Å². The molecule has 4 heteroatoms. The Labute approximate surface area is 74.4 Å². The van der Waals surface area contributed by atoms with Crippen LogP contribution in [0.5, 0.6) is 5.75 Å². The number of rotatable bonds is 1. The molecule has 66 valence electrons. The van der Waals surface area contributed by atoms with Crippen LogP contribution in [0.15, 0.2) is 24.4 Å². The second kappa shape index (κ2) is 2.82. The molecule has 1 aliphatic rings. The maximum atomic E-state index is 10.8. The van der Waals surface area contributed by atoms with Crippen molar-refractivity contribution in [2.45, 2.75) is 0 Å². The molecule has 0 aliphatic carbocycles. The monoisotopic (exact) mass is 177 g/mol. The first-order chi connectivity index (χ1) is 6.29. The Morgan fingerprint density at radius 3 is 3.08 bits per heavy atom. The highest BCUT2D eigenvalue weighted by atomic mass is 16.6. The predicted molar refractivity (Wildman–Crippen MR) is 46.2 cm³/mol. The van der Waals surface area contributed by atoms with Gasteiger partial charge in [-0.3, -0.25) is 0 Å². The lowest BCUT2D eigenvalue weighted by Crippen LogP contribution is -2.16. The van der Waals surface area contributed by atoms with E-state index in [0.717, 1.165) is 0 Å². The third kappa shape index (κ3) is 1.22. The van der Waals surface area contributed by atoms with Gasteiger partial charge in [-0.25, -0.2) is 10.3 Å². The van der Waals surface area contributed by atoms with Crippen molar-refractivity contribution in [1.82, 2.24) is 5.48 Å². The average Bonchev–Trinajstić information content (AvgIpc) is 2.17. The fourth-order valence-corrected chi connectivity index (χ4v) is 1.21. The Hall–Kier alpha value is -1.97. The van der Waals surface area contributed by atoms with Crippen LogP contribution in [0.3, 0.4) is 0 Å². The lowest BCUT2D eigenvalue weighted by atomic mass is 10.1. The van der Waals surface area contributed by atoms with Gasteiger partial charge in [-0.1, -0.05) is 6.07 Å². The summed E-state index contributed by atoms with van der Waals surface area (Å²) in [4.78, 5) is 15.8. The van der Waals surface area contributed by atoms with Crippen molar-refractivity contribution in [2.75, 3.05) is 0 Å². The number of carboxylic acid groups (broad SMARTS) is 1. The fourth-order valence-electron chi connectivity index (χ4n) is 1.21. The smallest absolute Gasteiger partial charge is 0.336 e. The molecule has 0 aromatic heterocycles. The molecule has 0 amide bonds. The molecule has 1 heterocycles. The average molecular weight is 177 g/mol. The Morgan fingerprint density at radius 2 is 2.31 bits per heavy atom. The highest BCUT2D eigenvalue weighted by molar-refractivity contribution is 5.93. The van der Waals surface area contributed by atoms with Crippen LogP contribution in [-0.4, -0.2) is 11.1 Å². The summed E-state index contributed by atoms with van der Waals surface area (Å²) in [5.74, 6) is -0.422. The van der Waals surface area contributed by atoms with Crippen LogP contribution in [0.25, 0.3) is 6.08 Å². The van der Waals surface area contributed by atoms with Gasteiger partial charge in [0.05, 0.1) is 5.56 Å². The van der Waals surface area contributed by atoms with Gasteiger partial charge in [-0.15, -0.1) is 0 Å². The Balaban J connectivity index is 2.60. The fraction of sp³-hybridized carbons (Fsp3) is 0. The molecule has 0 radical (unpaired) electrons. The van der Waals surface area contributed by atoms with Crippen molar-refractivity contribution in [2.24, 2.45) is 0 Å². The molecule has 0 unspecified atom stereocenters. The van der Waals surface area contributed by atoms with Gasteiger partial charge in [0.25, 0.3) is 0 Å². The predicted octanol–water partition coefficient (Wildman–Crippen LogP) is 1.25. The lowest BCUT2D eigenvalue weighted by molar-refractivity contribution is 0.0695. The molecule has 4 nitrogen and oxygen atoms in total. The minimum Gasteiger partial charge on any atom is -0.478 e. The number of carbonyl (C=O) groups is 1. The lowest BCUT2D eigenvalue weighted by Gasteiger charge is -2.13. The Bertz CT molecular complexity index is 384. The van der Waals surface area contributed by atoms with Gasteiger partial charge in [0.1, 0.15) is 0 Å². The van der Waals surface area contributed by atoms with Gasteiger partial charge in [-0.05, 0) is 18.2 Å². The van der Waals surface area contributed by atoms with Crippen molar-refractivity contribution < 1.29 is 14.7 Å². The Kier molecular flexibility index (Phi) is 1.66. The zero-order chi connectivity index (χ0) is 9.26. The van der Waals surface area contributed by atoms with Gasteiger partial charge in [-0.2, -0.15) is 0 Å². The zero-order valence-electron chi connectivity index (χ0n) is 6.65. The summed E-state index contributed by atoms with van der Waals surface area (Å²) >= 11 is 0. The third-order valence-corrected chi connectivity index (χ3v) is 1.78. The summed E-state index contributed by atoms with van der Waals surface area (Å²) in [5.41, 5.74) is 3.37. The standard InChI is InChI=1S/C9H7NO3/c11-9(12)7-2-1-3-8-6(7)4-5-10-13-8/h1-5,10H,(H,11,12). The summed E-state index contributed by atoms with van der Waals surface area (Å²) in [6, 6.07) is 4.89. The topological polar surface area (TPSA) is 58.6 Å². The van der Waals surface area contributed by atoms with Gasteiger partial charge >= 0.3 is 5.97 Å². The van der Waals surface area contributed by atoms with E-state index >= 15 is 0 Å². The van der Waals surface area contributed by atoms with Crippen LogP contribution < -0.4 is 10.3 Å². The summed E-state index contributed by atoms with van der Waals surface area (Å²) in [7, 11) is 0. The summed E-state index contributed by atoms with van der Waals surface area (Å²) in [6.07, 6.45) is 3.22. The molecule has 13 heavy (non-hydrogen) atoms. The molecule has 2 rings (SSSR count). The molecule has 1 aromatic rings.